The molecule has 2 fully saturated rings. The van der Waals surface area contributed by atoms with Crippen molar-refractivity contribution in [2.24, 2.45) is 0 Å². The number of hydrogen-bond donors (Lipinski definition) is 0. The average Bonchev–Trinajstić information content (AvgIpc) is 2.84. The highest BCUT2D eigenvalue weighted by Gasteiger charge is 2.28. The lowest BCUT2D eigenvalue weighted by atomic mass is 10.2. The fourth-order valence-corrected chi connectivity index (χ4v) is 3.18. The first-order chi connectivity index (χ1) is 10.6. The summed E-state index contributed by atoms with van der Waals surface area (Å²) >= 11 is 0. The van der Waals surface area contributed by atoms with E-state index < -0.39 is 0 Å². The first-order valence-electron chi connectivity index (χ1n) is 8.07. The largest absolute Gasteiger partial charge is 0.444 e. The van der Waals surface area contributed by atoms with Gasteiger partial charge in [0.05, 0.1) is 6.54 Å². The fraction of sp³-hybridized carbons (Fsp3) is 0.588. The standard InChI is InChI=1S/C17H25N3O2/c1-14-4-3-5-15(12-14)20-10-8-19(9-11-20)7-6-16-13-18(2)17(21)22-16/h3-5,12,16H,6-11,13H2,1-2H3. The molecule has 5 nitrogen and oxygen atoms in total. The van der Waals surface area contributed by atoms with Crippen LogP contribution in [0.1, 0.15) is 12.0 Å². The van der Waals surface area contributed by atoms with E-state index >= 15 is 0 Å². The Balaban J connectivity index is 1.43. The maximum absolute atomic E-state index is 11.3. The van der Waals surface area contributed by atoms with Gasteiger partial charge in [-0.3, -0.25) is 4.90 Å². The van der Waals surface area contributed by atoms with Gasteiger partial charge >= 0.3 is 6.09 Å². The smallest absolute Gasteiger partial charge is 0.409 e. The summed E-state index contributed by atoms with van der Waals surface area (Å²) in [6, 6.07) is 8.71. The lowest BCUT2D eigenvalue weighted by Gasteiger charge is -2.36. The van der Waals surface area contributed by atoms with Crippen LogP contribution in [0.5, 0.6) is 0 Å². The number of ether oxygens (including phenoxy) is 1. The van der Waals surface area contributed by atoms with Crippen molar-refractivity contribution in [1.29, 1.82) is 0 Å². The van der Waals surface area contributed by atoms with E-state index in [1.165, 1.54) is 11.3 Å². The number of cyclic esters (lactones) is 1. The molecule has 0 aliphatic carbocycles. The Kier molecular flexibility index (Phi) is 4.52. The molecule has 1 unspecified atom stereocenters. The van der Waals surface area contributed by atoms with Crippen LogP contribution in [0.25, 0.3) is 0 Å². The monoisotopic (exact) mass is 303 g/mol. The van der Waals surface area contributed by atoms with E-state index in [0.29, 0.717) is 0 Å². The van der Waals surface area contributed by atoms with Crippen LogP contribution in [0.15, 0.2) is 24.3 Å². The van der Waals surface area contributed by atoms with Crippen molar-refractivity contribution in [1.82, 2.24) is 9.80 Å². The molecule has 0 bridgehead atoms. The van der Waals surface area contributed by atoms with E-state index in [1.54, 1.807) is 11.9 Å². The van der Waals surface area contributed by atoms with E-state index in [4.69, 9.17) is 4.74 Å². The van der Waals surface area contributed by atoms with Crippen molar-refractivity contribution in [3.63, 3.8) is 0 Å². The maximum atomic E-state index is 11.3. The van der Waals surface area contributed by atoms with Crippen LogP contribution < -0.4 is 4.90 Å². The Morgan fingerprint density at radius 2 is 2.00 bits per heavy atom. The molecule has 0 radical (unpaired) electrons. The van der Waals surface area contributed by atoms with E-state index in [-0.39, 0.29) is 12.2 Å². The third-order valence-corrected chi connectivity index (χ3v) is 4.56. The number of benzene rings is 1. The molecule has 2 aliphatic heterocycles. The van der Waals surface area contributed by atoms with Crippen LogP contribution in [0.3, 0.4) is 0 Å². The van der Waals surface area contributed by atoms with Crippen molar-refractivity contribution in [2.45, 2.75) is 19.4 Å². The SMILES string of the molecule is Cc1cccc(N2CCN(CCC3CN(C)C(=O)O3)CC2)c1. The first-order valence-corrected chi connectivity index (χ1v) is 8.07. The second-order valence-corrected chi connectivity index (χ2v) is 6.34. The quantitative estimate of drug-likeness (QED) is 0.852. The number of piperazine rings is 1. The lowest BCUT2D eigenvalue weighted by Crippen LogP contribution is -2.47. The molecular weight excluding hydrogens is 278 g/mol. The van der Waals surface area contributed by atoms with Gasteiger partial charge in [-0.2, -0.15) is 0 Å². The number of anilines is 1. The summed E-state index contributed by atoms with van der Waals surface area (Å²) in [4.78, 5) is 17.9. The normalized spacial score (nSPS) is 23.0. The first kappa shape index (κ1) is 15.2. The van der Waals surface area contributed by atoms with Crippen LogP contribution in [0.4, 0.5) is 10.5 Å². The van der Waals surface area contributed by atoms with Crippen LogP contribution in [0.2, 0.25) is 0 Å². The molecule has 1 aromatic rings. The topological polar surface area (TPSA) is 36.0 Å². The van der Waals surface area contributed by atoms with Crippen molar-refractivity contribution < 1.29 is 9.53 Å². The lowest BCUT2D eigenvalue weighted by molar-refractivity contribution is 0.121. The molecule has 0 spiro atoms. The van der Waals surface area contributed by atoms with E-state index in [1.807, 2.05) is 0 Å². The third-order valence-electron chi connectivity index (χ3n) is 4.56. The summed E-state index contributed by atoms with van der Waals surface area (Å²) in [6.45, 7) is 8.14. The number of rotatable bonds is 4. The van der Waals surface area contributed by atoms with Crippen LogP contribution in [-0.2, 0) is 4.74 Å². The van der Waals surface area contributed by atoms with Crippen LogP contribution in [0, 0.1) is 6.92 Å². The number of hydrogen-bond acceptors (Lipinski definition) is 4. The summed E-state index contributed by atoms with van der Waals surface area (Å²) in [5.41, 5.74) is 2.64. The second kappa shape index (κ2) is 6.57. The number of carbonyl (C=O) groups excluding carboxylic acids is 1. The third kappa shape index (κ3) is 3.53. The zero-order chi connectivity index (χ0) is 15.5. The summed E-state index contributed by atoms with van der Waals surface area (Å²) in [7, 11) is 1.79. The maximum Gasteiger partial charge on any atom is 0.409 e. The number of amides is 1. The second-order valence-electron chi connectivity index (χ2n) is 6.34. The van der Waals surface area contributed by atoms with Gasteiger partial charge in [0.2, 0.25) is 0 Å². The summed E-state index contributed by atoms with van der Waals surface area (Å²) in [6.07, 6.45) is 0.808. The van der Waals surface area contributed by atoms with Crippen molar-refractivity contribution in [3.05, 3.63) is 29.8 Å². The molecule has 2 saturated heterocycles. The van der Waals surface area contributed by atoms with Crippen LogP contribution in [-0.4, -0.2) is 68.3 Å². The number of carbonyl (C=O) groups is 1. The summed E-state index contributed by atoms with van der Waals surface area (Å²) in [5, 5.41) is 0. The van der Waals surface area contributed by atoms with Crippen molar-refractivity contribution in [3.8, 4) is 0 Å². The van der Waals surface area contributed by atoms with Crippen LogP contribution >= 0.6 is 0 Å². The minimum absolute atomic E-state index is 0.0623. The summed E-state index contributed by atoms with van der Waals surface area (Å²) in [5.74, 6) is 0. The predicted octanol–water partition coefficient (Wildman–Crippen LogP) is 1.96. The molecule has 0 N–H and O–H groups in total. The molecule has 0 saturated carbocycles. The highest BCUT2D eigenvalue weighted by molar-refractivity contribution is 5.69. The van der Waals surface area contributed by atoms with Crippen molar-refractivity contribution >= 4 is 11.8 Å². The molecule has 1 amide bonds. The molecule has 0 aromatic heterocycles. The minimum Gasteiger partial charge on any atom is -0.444 e. The van der Waals surface area contributed by atoms with E-state index in [2.05, 4.69) is 41.0 Å². The van der Waals surface area contributed by atoms with Gasteiger partial charge in [-0.05, 0) is 31.0 Å². The predicted molar refractivity (Wildman–Crippen MR) is 87.3 cm³/mol. The van der Waals surface area contributed by atoms with Gasteiger partial charge in [0.25, 0.3) is 0 Å². The molecule has 120 valence electrons. The number of nitrogens with zero attached hydrogens (tertiary/aromatic N) is 3. The van der Waals surface area contributed by atoms with Gasteiger partial charge in [-0.1, -0.05) is 12.1 Å². The summed E-state index contributed by atoms with van der Waals surface area (Å²) < 4.78 is 5.32. The Labute approximate surface area is 132 Å². The highest BCUT2D eigenvalue weighted by Crippen LogP contribution is 2.18. The Morgan fingerprint density at radius 3 is 2.64 bits per heavy atom. The van der Waals surface area contributed by atoms with Gasteiger partial charge < -0.3 is 14.5 Å². The zero-order valence-electron chi connectivity index (χ0n) is 13.5. The highest BCUT2D eigenvalue weighted by atomic mass is 16.6. The number of likely N-dealkylation sites (N-methyl/N-ethyl adjacent to an activating group) is 1. The zero-order valence-corrected chi connectivity index (χ0v) is 13.5. The van der Waals surface area contributed by atoms with Gasteiger partial charge in [0.15, 0.2) is 0 Å². The number of aryl methyl sites for hydroxylation is 1. The van der Waals surface area contributed by atoms with Crippen molar-refractivity contribution in [2.75, 3.05) is 51.2 Å². The Hall–Kier alpha value is -1.75. The van der Waals surface area contributed by atoms with E-state index in [0.717, 1.165) is 45.7 Å². The molecule has 5 heteroatoms. The molecular formula is C17H25N3O2. The molecule has 22 heavy (non-hydrogen) atoms. The van der Waals surface area contributed by atoms with Gasteiger partial charge in [0, 0.05) is 45.5 Å². The Bertz CT molecular complexity index is 526. The average molecular weight is 303 g/mol. The van der Waals surface area contributed by atoms with Gasteiger partial charge in [0.1, 0.15) is 6.10 Å². The fourth-order valence-electron chi connectivity index (χ4n) is 3.18. The molecule has 1 aromatic carbocycles. The molecule has 3 rings (SSSR count). The van der Waals surface area contributed by atoms with E-state index in [9.17, 15) is 4.79 Å². The molecule has 2 aliphatic rings. The van der Waals surface area contributed by atoms with Gasteiger partial charge in [-0.15, -0.1) is 0 Å². The molecule has 2 heterocycles. The minimum atomic E-state index is -0.186. The molecule has 1 atom stereocenters. The Morgan fingerprint density at radius 1 is 1.23 bits per heavy atom. The van der Waals surface area contributed by atoms with Gasteiger partial charge in [-0.25, -0.2) is 4.79 Å².